The Morgan fingerprint density at radius 2 is 1.92 bits per heavy atom. The zero-order valence-corrected chi connectivity index (χ0v) is 15.8. The van der Waals surface area contributed by atoms with Crippen LogP contribution < -0.4 is 10.6 Å². The number of carbonyl (C=O) groups excluding carboxylic acids is 2. The maximum Gasteiger partial charge on any atom is 0.321 e. The van der Waals surface area contributed by atoms with Crippen molar-refractivity contribution in [3.8, 4) is 0 Å². The Morgan fingerprint density at radius 1 is 1.19 bits per heavy atom. The number of halogens is 1. The molecule has 1 aromatic rings. The summed E-state index contributed by atoms with van der Waals surface area (Å²) in [7, 11) is 0. The van der Waals surface area contributed by atoms with E-state index in [1.807, 2.05) is 4.90 Å². The lowest BCUT2D eigenvalue weighted by Crippen LogP contribution is -2.60. The maximum absolute atomic E-state index is 12.7. The second kappa shape index (κ2) is 8.70. The minimum atomic E-state index is -0.160. The van der Waals surface area contributed by atoms with E-state index in [2.05, 4.69) is 22.5 Å². The smallest absolute Gasteiger partial charge is 0.321 e. The highest BCUT2D eigenvalue weighted by molar-refractivity contribution is 6.30. The molecule has 2 heterocycles. The van der Waals surface area contributed by atoms with E-state index >= 15 is 0 Å². The number of hydrogen-bond donors (Lipinski definition) is 2. The van der Waals surface area contributed by atoms with E-state index < -0.39 is 0 Å². The number of likely N-dealkylation sites (N-methyl/N-ethyl adjacent to an activating group) is 1. The predicted octanol–water partition coefficient (Wildman–Crippen LogP) is 1.31. The van der Waals surface area contributed by atoms with Crippen LogP contribution >= 0.6 is 11.6 Å². The minimum absolute atomic E-state index is 0.137. The van der Waals surface area contributed by atoms with E-state index in [1.165, 1.54) is 0 Å². The summed E-state index contributed by atoms with van der Waals surface area (Å²) in [5.74, 6) is 0.137. The average molecular weight is 380 g/mol. The molecule has 2 N–H and O–H groups in total. The first-order valence-corrected chi connectivity index (χ1v) is 9.50. The van der Waals surface area contributed by atoms with Crippen LogP contribution in [-0.4, -0.2) is 85.0 Å². The van der Waals surface area contributed by atoms with Crippen molar-refractivity contribution >= 4 is 29.2 Å². The van der Waals surface area contributed by atoms with Gasteiger partial charge in [0.15, 0.2) is 0 Å². The number of urea groups is 1. The van der Waals surface area contributed by atoms with Crippen molar-refractivity contribution in [1.29, 1.82) is 0 Å². The lowest BCUT2D eigenvalue weighted by molar-refractivity contribution is -0.136. The first-order chi connectivity index (χ1) is 12.6. The van der Waals surface area contributed by atoms with Crippen LogP contribution in [0, 0.1) is 0 Å². The molecule has 0 unspecified atom stereocenters. The van der Waals surface area contributed by atoms with E-state index in [0.717, 1.165) is 26.2 Å². The average Bonchev–Trinajstić information content (AvgIpc) is 2.67. The number of hydrogen-bond acceptors (Lipinski definition) is 4. The van der Waals surface area contributed by atoms with Gasteiger partial charge in [-0.25, -0.2) is 4.79 Å². The first-order valence-electron chi connectivity index (χ1n) is 9.13. The molecule has 2 aliphatic heterocycles. The molecular formula is C18H26ClN5O2. The second-order valence-corrected chi connectivity index (χ2v) is 7.09. The fourth-order valence-electron chi connectivity index (χ4n) is 3.38. The second-order valence-electron chi connectivity index (χ2n) is 6.65. The van der Waals surface area contributed by atoms with Gasteiger partial charge >= 0.3 is 6.03 Å². The van der Waals surface area contributed by atoms with Crippen molar-refractivity contribution in [2.24, 2.45) is 0 Å². The molecule has 0 aliphatic carbocycles. The Bertz CT molecular complexity index is 648. The third-order valence-corrected chi connectivity index (χ3v) is 5.19. The van der Waals surface area contributed by atoms with Gasteiger partial charge in [0.25, 0.3) is 0 Å². The van der Waals surface area contributed by atoms with Gasteiger partial charge in [0, 0.05) is 56.5 Å². The third kappa shape index (κ3) is 4.66. The van der Waals surface area contributed by atoms with Crippen LogP contribution in [0.3, 0.4) is 0 Å². The molecule has 8 heteroatoms. The minimum Gasteiger partial charge on any atom is -0.338 e. The van der Waals surface area contributed by atoms with Crippen molar-refractivity contribution in [2.75, 3.05) is 57.7 Å². The molecule has 3 amide bonds. The number of nitrogens with zero attached hydrogens (tertiary/aromatic N) is 3. The lowest BCUT2D eigenvalue weighted by Gasteiger charge is -2.39. The SMILES string of the molecule is CCN1CCN[C@@H](C(=O)N2CCN(C(=O)Nc3cccc(Cl)c3)CC2)C1. The van der Waals surface area contributed by atoms with Crippen LogP contribution in [0.2, 0.25) is 5.02 Å². The Balaban J connectivity index is 1.49. The van der Waals surface area contributed by atoms with Crippen LogP contribution in [0.1, 0.15) is 6.92 Å². The molecule has 7 nitrogen and oxygen atoms in total. The molecule has 0 aromatic heterocycles. The zero-order chi connectivity index (χ0) is 18.5. The monoisotopic (exact) mass is 379 g/mol. The summed E-state index contributed by atoms with van der Waals surface area (Å²) in [4.78, 5) is 31.0. The number of piperazine rings is 2. The van der Waals surface area contributed by atoms with Gasteiger partial charge in [0.05, 0.1) is 6.04 Å². The number of benzene rings is 1. The van der Waals surface area contributed by atoms with E-state index in [9.17, 15) is 9.59 Å². The molecule has 26 heavy (non-hydrogen) atoms. The van der Waals surface area contributed by atoms with Gasteiger partial charge in [-0.15, -0.1) is 0 Å². The van der Waals surface area contributed by atoms with Gasteiger partial charge in [-0.2, -0.15) is 0 Å². The summed E-state index contributed by atoms with van der Waals surface area (Å²) in [5, 5.41) is 6.75. The summed E-state index contributed by atoms with van der Waals surface area (Å²) in [6.07, 6.45) is 0. The summed E-state index contributed by atoms with van der Waals surface area (Å²) in [6.45, 7) is 7.84. The molecule has 2 fully saturated rings. The topological polar surface area (TPSA) is 67.9 Å². The first kappa shape index (κ1) is 18.9. The Labute approximate surface area is 159 Å². The molecule has 0 spiro atoms. The Kier molecular flexibility index (Phi) is 6.34. The molecule has 3 rings (SSSR count). The standard InChI is InChI=1S/C18H26ClN5O2/c1-2-22-7-6-20-16(13-22)17(25)23-8-10-24(11-9-23)18(26)21-15-5-3-4-14(19)12-15/h3-5,12,16,20H,2,6-11,13H2,1H3,(H,21,26)/t16-/m1/s1. The summed E-state index contributed by atoms with van der Waals surface area (Å²) >= 11 is 5.94. The number of carbonyl (C=O) groups is 2. The predicted molar refractivity (Wildman–Crippen MR) is 103 cm³/mol. The van der Waals surface area contributed by atoms with Crippen LogP contribution in [0.5, 0.6) is 0 Å². The highest BCUT2D eigenvalue weighted by Crippen LogP contribution is 2.16. The van der Waals surface area contributed by atoms with Gasteiger partial charge in [-0.05, 0) is 24.7 Å². The maximum atomic E-state index is 12.7. The van der Waals surface area contributed by atoms with Crippen molar-refractivity contribution in [2.45, 2.75) is 13.0 Å². The van der Waals surface area contributed by atoms with Gasteiger partial charge in [0.2, 0.25) is 5.91 Å². The molecule has 2 aliphatic rings. The molecule has 0 radical (unpaired) electrons. The molecular weight excluding hydrogens is 354 g/mol. The fourth-order valence-corrected chi connectivity index (χ4v) is 3.57. The van der Waals surface area contributed by atoms with Crippen molar-refractivity contribution in [3.05, 3.63) is 29.3 Å². The van der Waals surface area contributed by atoms with E-state index in [1.54, 1.807) is 29.2 Å². The number of rotatable bonds is 3. The number of amides is 3. The summed E-state index contributed by atoms with van der Waals surface area (Å²) < 4.78 is 0. The van der Waals surface area contributed by atoms with E-state index in [4.69, 9.17) is 11.6 Å². The molecule has 0 saturated carbocycles. The van der Waals surface area contributed by atoms with Gasteiger partial charge in [-0.3, -0.25) is 4.79 Å². The molecule has 142 valence electrons. The van der Waals surface area contributed by atoms with Gasteiger partial charge in [0.1, 0.15) is 0 Å². The van der Waals surface area contributed by atoms with E-state index in [-0.39, 0.29) is 18.0 Å². The van der Waals surface area contributed by atoms with Crippen LogP contribution in [0.25, 0.3) is 0 Å². The molecule has 0 bridgehead atoms. The van der Waals surface area contributed by atoms with Crippen molar-refractivity contribution < 1.29 is 9.59 Å². The quantitative estimate of drug-likeness (QED) is 0.831. The lowest BCUT2D eigenvalue weighted by atomic mass is 10.1. The number of nitrogens with one attached hydrogen (secondary N) is 2. The Morgan fingerprint density at radius 3 is 2.62 bits per heavy atom. The third-order valence-electron chi connectivity index (χ3n) is 4.96. The van der Waals surface area contributed by atoms with Gasteiger partial charge in [-0.1, -0.05) is 24.6 Å². The largest absolute Gasteiger partial charge is 0.338 e. The molecule has 1 aromatic carbocycles. The number of anilines is 1. The van der Waals surface area contributed by atoms with Crippen molar-refractivity contribution in [3.63, 3.8) is 0 Å². The molecule has 1 atom stereocenters. The highest BCUT2D eigenvalue weighted by Gasteiger charge is 2.31. The van der Waals surface area contributed by atoms with Gasteiger partial charge < -0.3 is 25.3 Å². The fraction of sp³-hybridized carbons (Fsp3) is 0.556. The van der Waals surface area contributed by atoms with Crippen LogP contribution in [0.15, 0.2) is 24.3 Å². The highest BCUT2D eigenvalue weighted by atomic mass is 35.5. The normalized spacial score (nSPS) is 21.5. The Hall–Kier alpha value is -1.83. The van der Waals surface area contributed by atoms with Crippen molar-refractivity contribution in [1.82, 2.24) is 20.0 Å². The summed E-state index contributed by atoms with van der Waals surface area (Å²) in [6, 6.07) is 6.78. The summed E-state index contributed by atoms with van der Waals surface area (Å²) in [5.41, 5.74) is 0.673. The van der Waals surface area contributed by atoms with E-state index in [0.29, 0.717) is 36.9 Å². The van der Waals surface area contributed by atoms with Crippen LogP contribution in [0.4, 0.5) is 10.5 Å². The molecule has 2 saturated heterocycles. The zero-order valence-electron chi connectivity index (χ0n) is 15.1. The van der Waals surface area contributed by atoms with Crippen LogP contribution in [-0.2, 0) is 4.79 Å².